The van der Waals surface area contributed by atoms with Crippen LogP contribution in [0.25, 0.3) is 0 Å². The number of halogens is 3. The molecule has 19 heavy (non-hydrogen) atoms. The normalized spacial score (nSPS) is 12.5. The molecule has 0 aromatic heterocycles. The van der Waals surface area contributed by atoms with Gasteiger partial charge in [-0.1, -0.05) is 29.8 Å². The van der Waals surface area contributed by atoms with E-state index in [1.165, 1.54) is 6.07 Å². The van der Waals surface area contributed by atoms with Gasteiger partial charge in [0, 0.05) is 5.02 Å². The van der Waals surface area contributed by atoms with Crippen LogP contribution in [0, 0.1) is 26.6 Å². The first-order valence-corrected chi connectivity index (χ1v) is 6.88. The zero-order chi connectivity index (χ0) is 14.2. The highest BCUT2D eigenvalue weighted by molar-refractivity contribution is 6.33. The molecule has 0 saturated carbocycles. The maximum atomic E-state index is 13.3. The molecule has 0 amide bonds. The van der Waals surface area contributed by atoms with Gasteiger partial charge in [0.1, 0.15) is 5.82 Å². The van der Waals surface area contributed by atoms with Crippen LogP contribution in [0.5, 0.6) is 0 Å². The van der Waals surface area contributed by atoms with E-state index in [1.54, 1.807) is 19.1 Å². The van der Waals surface area contributed by atoms with E-state index in [0.29, 0.717) is 10.6 Å². The van der Waals surface area contributed by atoms with Gasteiger partial charge in [-0.2, -0.15) is 0 Å². The molecule has 2 rings (SSSR count). The molecule has 2 aromatic carbocycles. The SMILES string of the molecule is Cc1cc(Cl)c(C(Cl)c2ccc(F)c(C)c2)cc1C. The van der Waals surface area contributed by atoms with Crippen LogP contribution in [-0.2, 0) is 0 Å². The number of aryl methyl sites for hydroxylation is 3. The summed E-state index contributed by atoms with van der Waals surface area (Å²) in [7, 11) is 0. The second-order valence-corrected chi connectivity index (χ2v) is 5.67. The number of benzene rings is 2. The van der Waals surface area contributed by atoms with Crippen molar-refractivity contribution in [3.05, 3.63) is 69.0 Å². The van der Waals surface area contributed by atoms with Gasteiger partial charge >= 0.3 is 0 Å². The molecule has 0 aliphatic rings. The van der Waals surface area contributed by atoms with E-state index >= 15 is 0 Å². The molecule has 0 bridgehead atoms. The van der Waals surface area contributed by atoms with Crippen molar-refractivity contribution in [3.63, 3.8) is 0 Å². The largest absolute Gasteiger partial charge is 0.207 e. The number of hydrogen-bond acceptors (Lipinski definition) is 0. The lowest BCUT2D eigenvalue weighted by Crippen LogP contribution is -1.98. The van der Waals surface area contributed by atoms with Crippen LogP contribution >= 0.6 is 23.2 Å². The van der Waals surface area contributed by atoms with Gasteiger partial charge in [0.25, 0.3) is 0 Å². The molecular weight excluding hydrogens is 282 g/mol. The van der Waals surface area contributed by atoms with Crippen molar-refractivity contribution in [2.75, 3.05) is 0 Å². The van der Waals surface area contributed by atoms with E-state index in [1.807, 2.05) is 26.0 Å². The van der Waals surface area contributed by atoms with E-state index in [9.17, 15) is 4.39 Å². The minimum atomic E-state index is -0.369. The number of alkyl halides is 1. The number of rotatable bonds is 2. The molecule has 0 heterocycles. The van der Waals surface area contributed by atoms with Crippen molar-refractivity contribution in [1.82, 2.24) is 0 Å². The summed E-state index contributed by atoms with van der Waals surface area (Å²) in [6.07, 6.45) is 0. The Morgan fingerprint density at radius 1 is 0.947 bits per heavy atom. The highest BCUT2D eigenvalue weighted by Gasteiger charge is 2.16. The summed E-state index contributed by atoms with van der Waals surface area (Å²) < 4.78 is 13.3. The van der Waals surface area contributed by atoms with Crippen LogP contribution in [0.15, 0.2) is 30.3 Å². The lowest BCUT2D eigenvalue weighted by molar-refractivity contribution is 0.617. The van der Waals surface area contributed by atoms with Gasteiger partial charge in [-0.25, -0.2) is 4.39 Å². The molecule has 3 heteroatoms. The fourth-order valence-corrected chi connectivity index (χ4v) is 2.70. The van der Waals surface area contributed by atoms with E-state index in [2.05, 4.69) is 0 Å². The fourth-order valence-electron chi connectivity index (χ4n) is 2.00. The Hall–Kier alpha value is -1.05. The van der Waals surface area contributed by atoms with E-state index in [-0.39, 0.29) is 11.2 Å². The third-order valence-corrected chi connectivity index (χ3v) is 4.18. The van der Waals surface area contributed by atoms with Gasteiger partial charge in [-0.15, -0.1) is 11.6 Å². The molecular formula is C16H15Cl2F. The predicted octanol–water partition coefficient (Wildman–Crippen LogP) is 5.73. The average Bonchev–Trinajstić information content (AvgIpc) is 2.36. The Labute approximate surface area is 123 Å². The van der Waals surface area contributed by atoms with E-state index < -0.39 is 0 Å². The van der Waals surface area contributed by atoms with Gasteiger partial charge in [0.2, 0.25) is 0 Å². The highest BCUT2D eigenvalue weighted by Crippen LogP contribution is 2.35. The van der Waals surface area contributed by atoms with Crippen LogP contribution < -0.4 is 0 Å². The fraction of sp³-hybridized carbons (Fsp3) is 0.250. The molecule has 0 aliphatic heterocycles. The Bertz CT molecular complexity index is 620. The van der Waals surface area contributed by atoms with Crippen molar-refractivity contribution >= 4 is 23.2 Å². The summed E-state index contributed by atoms with van der Waals surface area (Å²) in [5, 5.41) is 0.274. The van der Waals surface area contributed by atoms with Crippen molar-refractivity contribution in [2.45, 2.75) is 26.1 Å². The molecule has 1 atom stereocenters. The molecule has 0 spiro atoms. The Morgan fingerprint density at radius 3 is 2.21 bits per heavy atom. The van der Waals surface area contributed by atoms with Gasteiger partial charge in [-0.3, -0.25) is 0 Å². The molecule has 2 aromatic rings. The van der Waals surface area contributed by atoms with Gasteiger partial charge in [-0.05, 0) is 60.7 Å². The second kappa shape index (κ2) is 5.52. The maximum Gasteiger partial charge on any atom is 0.126 e. The van der Waals surface area contributed by atoms with Crippen molar-refractivity contribution in [2.24, 2.45) is 0 Å². The zero-order valence-electron chi connectivity index (χ0n) is 11.1. The Balaban J connectivity index is 2.46. The predicted molar refractivity (Wildman–Crippen MR) is 79.8 cm³/mol. The lowest BCUT2D eigenvalue weighted by atomic mass is 9.99. The molecule has 0 fully saturated rings. The topological polar surface area (TPSA) is 0 Å². The average molecular weight is 297 g/mol. The van der Waals surface area contributed by atoms with Crippen molar-refractivity contribution < 1.29 is 4.39 Å². The minimum Gasteiger partial charge on any atom is -0.207 e. The Kier molecular flexibility index (Phi) is 4.17. The standard InChI is InChI=1S/C16H15Cl2F/c1-9-7-13(14(17)8-10(9)2)16(18)12-4-5-15(19)11(3)6-12/h4-8,16H,1-3H3. The molecule has 1 unspecified atom stereocenters. The van der Waals surface area contributed by atoms with E-state index in [0.717, 1.165) is 22.3 Å². The molecule has 0 N–H and O–H groups in total. The van der Waals surface area contributed by atoms with Crippen LogP contribution in [-0.4, -0.2) is 0 Å². The Morgan fingerprint density at radius 2 is 1.58 bits per heavy atom. The first kappa shape index (κ1) is 14.4. The molecule has 0 radical (unpaired) electrons. The smallest absolute Gasteiger partial charge is 0.126 e. The number of hydrogen-bond donors (Lipinski definition) is 0. The second-order valence-electron chi connectivity index (χ2n) is 4.83. The minimum absolute atomic E-state index is 0.223. The van der Waals surface area contributed by atoms with Gasteiger partial charge in [0.15, 0.2) is 0 Å². The quantitative estimate of drug-likeness (QED) is 0.621. The molecule has 0 nitrogen and oxygen atoms in total. The maximum absolute atomic E-state index is 13.3. The van der Waals surface area contributed by atoms with Crippen molar-refractivity contribution in [3.8, 4) is 0 Å². The third-order valence-electron chi connectivity index (χ3n) is 3.36. The summed E-state index contributed by atoms with van der Waals surface area (Å²) in [5.74, 6) is -0.223. The zero-order valence-corrected chi connectivity index (χ0v) is 12.6. The molecule has 0 aliphatic carbocycles. The summed E-state index contributed by atoms with van der Waals surface area (Å²) in [6, 6.07) is 8.81. The lowest BCUT2D eigenvalue weighted by Gasteiger charge is -2.15. The van der Waals surface area contributed by atoms with Crippen molar-refractivity contribution in [1.29, 1.82) is 0 Å². The molecule has 0 saturated heterocycles. The summed E-state index contributed by atoms with van der Waals surface area (Å²) in [5.41, 5.74) is 4.57. The summed E-state index contributed by atoms with van der Waals surface area (Å²) >= 11 is 12.7. The van der Waals surface area contributed by atoms with Crippen LogP contribution in [0.4, 0.5) is 4.39 Å². The molecule has 100 valence electrons. The first-order valence-electron chi connectivity index (χ1n) is 6.07. The van der Waals surface area contributed by atoms with E-state index in [4.69, 9.17) is 23.2 Å². The monoisotopic (exact) mass is 296 g/mol. The summed E-state index contributed by atoms with van der Waals surface area (Å²) in [4.78, 5) is 0. The van der Waals surface area contributed by atoms with Crippen LogP contribution in [0.3, 0.4) is 0 Å². The van der Waals surface area contributed by atoms with Crippen LogP contribution in [0.1, 0.15) is 33.2 Å². The van der Waals surface area contributed by atoms with Gasteiger partial charge in [0.05, 0.1) is 5.38 Å². The first-order chi connectivity index (χ1) is 8.90. The highest BCUT2D eigenvalue weighted by atomic mass is 35.5. The third kappa shape index (κ3) is 2.93. The van der Waals surface area contributed by atoms with Gasteiger partial charge < -0.3 is 0 Å². The summed E-state index contributed by atoms with van der Waals surface area (Å²) in [6.45, 7) is 5.76. The van der Waals surface area contributed by atoms with Crippen LogP contribution in [0.2, 0.25) is 5.02 Å².